The highest BCUT2D eigenvalue weighted by Crippen LogP contribution is 2.67. The monoisotopic (exact) mass is 484 g/mol. The molecule has 6 aliphatic rings. The van der Waals surface area contributed by atoms with Crippen LogP contribution in [0.3, 0.4) is 0 Å². The Morgan fingerprint density at radius 1 is 0.800 bits per heavy atom. The fraction of sp³-hybridized carbons (Fsp3) is 0.968. The van der Waals surface area contributed by atoms with Crippen molar-refractivity contribution in [2.24, 2.45) is 34.5 Å². The van der Waals surface area contributed by atoms with E-state index in [0.717, 1.165) is 36.1 Å². The number of piperidine rings is 2. The van der Waals surface area contributed by atoms with Crippen molar-refractivity contribution in [1.82, 2.24) is 9.80 Å². The predicted octanol–water partition coefficient (Wildman–Crippen LogP) is 6.28. The maximum atomic E-state index is 12.1. The van der Waals surface area contributed by atoms with Gasteiger partial charge in [-0.15, -0.1) is 0 Å². The molecule has 0 N–H and O–H groups in total. The minimum Gasteiger partial charge on any atom is -0.461 e. The van der Waals surface area contributed by atoms with E-state index in [9.17, 15) is 4.79 Å². The van der Waals surface area contributed by atoms with Crippen molar-refractivity contribution in [2.45, 2.75) is 129 Å². The lowest BCUT2D eigenvalue weighted by Gasteiger charge is -2.62. The third-order valence-corrected chi connectivity index (χ3v) is 12.5. The number of carbonyl (C=O) groups is 1. The zero-order valence-corrected chi connectivity index (χ0v) is 23.0. The average Bonchev–Trinajstić information content (AvgIpc) is 3.22. The van der Waals surface area contributed by atoms with Crippen LogP contribution in [0.15, 0.2) is 0 Å². The number of ether oxygens (including phenoxy) is 1. The number of rotatable bonds is 3. The molecular formula is C31H52N2O2. The Balaban J connectivity index is 1.23. The molecule has 6 fully saturated rings. The summed E-state index contributed by atoms with van der Waals surface area (Å²) in [4.78, 5) is 17.7. The molecule has 4 heteroatoms. The molecule has 0 aromatic heterocycles. The zero-order valence-electron chi connectivity index (χ0n) is 23.0. The van der Waals surface area contributed by atoms with Crippen LogP contribution in [0.25, 0.3) is 0 Å². The molecule has 0 aromatic rings. The van der Waals surface area contributed by atoms with Crippen LogP contribution in [-0.2, 0) is 9.53 Å². The Bertz CT molecular complexity index is 774. The Morgan fingerprint density at radius 3 is 2.17 bits per heavy atom. The van der Waals surface area contributed by atoms with Gasteiger partial charge in [-0.25, -0.2) is 0 Å². The van der Waals surface area contributed by atoms with Gasteiger partial charge in [0.15, 0.2) is 0 Å². The molecule has 0 bridgehead atoms. The van der Waals surface area contributed by atoms with Crippen LogP contribution in [0.4, 0.5) is 0 Å². The van der Waals surface area contributed by atoms with Gasteiger partial charge in [-0.1, -0.05) is 26.7 Å². The minimum absolute atomic E-state index is 0.0718. The minimum atomic E-state index is -0.0718. The van der Waals surface area contributed by atoms with Crippen molar-refractivity contribution in [2.75, 3.05) is 26.2 Å². The van der Waals surface area contributed by atoms with Crippen molar-refractivity contribution in [1.29, 1.82) is 0 Å². The lowest BCUT2D eigenvalue weighted by molar-refractivity contribution is -0.173. The average molecular weight is 485 g/mol. The maximum absolute atomic E-state index is 12.1. The Labute approximate surface area is 214 Å². The molecule has 4 nitrogen and oxygen atoms in total. The molecule has 4 saturated carbocycles. The van der Waals surface area contributed by atoms with Crippen LogP contribution < -0.4 is 0 Å². The van der Waals surface area contributed by atoms with E-state index in [4.69, 9.17) is 4.74 Å². The molecule has 0 unspecified atom stereocenters. The van der Waals surface area contributed by atoms with Crippen LogP contribution in [0, 0.1) is 34.5 Å². The molecule has 0 spiro atoms. The molecule has 35 heavy (non-hydrogen) atoms. The summed E-state index contributed by atoms with van der Waals surface area (Å²) < 4.78 is 6.07. The second kappa shape index (κ2) is 9.61. The van der Waals surface area contributed by atoms with Crippen molar-refractivity contribution >= 4 is 5.97 Å². The summed E-state index contributed by atoms with van der Waals surface area (Å²) in [5.41, 5.74) is 1.000. The Kier molecular flexibility index (Phi) is 6.78. The number of carbonyl (C=O) groups excluding carboxylic acids is 1. The fourth-order valence-corrected chi connectivity index (χ4v) is 10.8. The number of nitrogens with zero attached hydrogens (tertiary/aromatic N) is 2. The molecule has 2 saturated heterocycles. The summed E-state index contributed by atoms with van der Waals surface area (Å²) in [7, 11) is 0. The molecule has 2 aliphatic heterocycles. The summed E-state index contributed by atoms with van der Waals surface area (Å²) in [6, 6.07) is 1.30. The molecular weight excluding hydrogens is 432 g/mol. The van der Waals surface area contributed by atoms with Gasteiger partial charge in [0.1, 0.15) is 6.10 Å². The second-order valence-electron chi connectivity index (χ2n) is 14.3. The quantitative estimate of drug-likeness (QED) is 0.441. The highest BCUT2D eigenvalue weighted by Gasteiger charge is 2.61. The molecule has 0 amide bonds. The van der Waals surface area contributed by atoms with Gasteiger partial charge in [0.2, 0.25) is 0 Å². The van der Waals surface area contributed by atoms with Gasteiger partial charge in [-0.2, -0.15) is 0 Å². The first kappa shape index (κ1) is 24.7. The highest BCUT2D eigenvalue weighted by atomic mass is 16.5. The normalized spacial score (nSPS) is 49.1. The number of hydrogen-bond acceptors (Lipinski definition) is 4. The number of esters is 1. The van der Waals surface area contributed by atoms with E-state index in [1.165, 1.54) is 110 Å². The van der Waals surface area contributed by atoms with Gasteiger partial charge in [0.25, 0.3) is 0 Å². The first-order valence-electron chi connectivity index (χ1n) is 15.5. The topological polar surface area (TPSA) is 32.8 Å². The van der Waals surface area contributed by atoms with Crippen LogP contribution in [0.5, 0.6) is 0 Å². The Hall–Kier alpha value is -0.610. The molecule has 198 valence electrons. The third kappa shape index (κ3) is 4.41. The first-order chi connectivity index (χ1) is 16.9. The fourth-order valence-electron chi connectivity index (χ4n) is 10.8. The van der Waals surface area contributed by atoms with E-state index in [0.29, 0.717) is 16.9 Å². The second-order valence-corrected chi connectivity index (χ2v) is 14.3. The van der Waals surface area contributed by atoms with Gasteiger partial charge in [0.05, 0.1) is 0 Å². The standard InChI is InChI=1S/C31H52N2O2/c1-22(34)35-29-18-23-10-11-25-26(31(23,3)21-28(29)33-16-8-5-9-17-33)12-13-30(2)20-24(19-27(25)30)32-14-6-4-7-15-32/h23-29H,4-21H2,1-3H3/t23-,24-,25+,26-,27-,28-,29-,30+,31-/m0/s1. The predicted molar refractivity (Wildman–Crippen MR) is 141 cm³/mol. The smallest absolute Gasteiger partial charge is 0.302 e. The third-order valence-electron chi connectivity index (χ3n) is 12.5. The van der Waals surface area contributed by atoms with Crippen molar-refractivity contribution in [3.8, 4) is 0 Å². The molecule has 9 atom stereocenters. The van der Waals surface area contributed by atoms with Gasteiger partial charge in [-0.3, -0.25) is 9.69 Å². The highest BCUT2D eigenvalue weighted by molar-refractivity contribution is 5.66. The number of fused-ring (bicyclic) bond motifs is 5. The SMILES string of the molecule is CC(=O)O[C@H]1C[C@@H]2CC[C@H]3[C@@H]4C[C@H](N5CCCCC5)C[C@@]4(C)CC[C@@H]3[C@@]2(C)C[C@@H]1N1CCCCC1. The van der Waals surface area contributed by atoms with E-state index in [1.54, 1.807) is 6.92 Å². The van der Waals surface area contributed by atoms with E-state index in [-0.39, 0.29) is 12.1 Å². The number of likely N-dealkylation sites (tertiary alicyclic amines) is 2. The molecule has 4 aliphatic carbocycles. The molecule has 0 aromatic carbocycles. The Morgan fingerprint density at radius 2 is 1.49 bits per heavy atom. The molecule has 6 rings (SSSR count). The first-order valence-corrected chi connectivity index (χ1v) is 15.5. The lowest BCUT2D eigenvalue weighted by Crippen LogP contribution is -2.60. The van der Waals surface area contributed by atoms with Gasteiger partial charge >= 0.3 is 5.97 Å². The van der Waals surface area contributed by atoms with E-state index in [2.05, 4.69) is 23.6 Å². The number of hydrogen-bond donors (Lipinski definition) is 0. The largest absolute Gasteiger partial charge is 0.461 e. The van der Waals surface area contributed by atoms with E-state index < -0.39 is 0 Å². The van der Waals surface area contributed by atoms with E-state index in [1.807, 2.05) is 0 Å². The maximum Gasteiger partial charge on any atom is 0.302 e. The summed E-state index contributed by atoms with van der Waals surface area (Å²) >= 11 is 0. The zero-order chi connectivity index (χ0) is 24.2. The van der Waals surface area contributed by atoms with Crippen molar-refractivity contribution < 1.29 is 9.53 Å². The van der Waals surface area contributed by atoms with Gasteiger partial charge < -0.3 is 9.64 Å². The van der Waals surface area contributed by atoms with Crippen LogP contribution in [0.1, 0.15) is 111 Å². The van der Waals surface area contributed by atoms with Gasteiger partial charge in [0, 0.05) is 19.0 Å². The summed E-state index contributed by atoms with van der Waals surface area (Å²) in [5, 5.41) is 0. The van der Waals surface area contributed by atoms with Gasteiger partial charge in [-0.05, 0) is 138 Å². The summed E-state index contributed by atoms with van der Waals surface area (Å²) in [5.74, 6) is 3.41. The lowest BCUT2D eigenvalue weighted by atomic mass is 9.44. The molecule has 2 heterocycles. The van der Waals surface area contributed by atoms with Crippen molar-refractivity contribution in [3.63, 3.8) is 0 Å². The van der Waals surface area contributed by atoms with Crippen LogP contribution in [0.2, 0.25) is 0 Å². The summed E-state index contributed by atoms with van der Waals surface area (Å²) in [6.45, 7) is 12.1. The summed E-state index contributed by atoms with van der Waals surface area (Å²) in [6.07, 6.45) is 19.4. The molecule has 0 radical (unpaired) electrons. The van der Waals surface area contributed by atoms with Crippen LogP contribution >= 0.6 is 0 Å². The van der Waals surface area contributed by atoms with Crippen molar-refractivity contribution in [3.05, 3.63) is 0 Å². The van der Waals surface area contributed by atoms with Crippen LogP contribution in [-0.4, -0.2) is 60.1 Å². The van der Waals surface area contributed by atoms with E-state index >= 15 is 0 Å².